The average Bonchev–Trinajstić information content (AvgIpc) is 3.52. The van der Waals surface area contributed by atoms with E-state index in [2.05, 4.69) is 21.2 Å². The molecule has 0 spiro atoms. The maximum Gasteiger partial charge on any atom is 0.303 e. The standard InChI is InChI=1S/C27H25FN6O4/c1-29-21-7-9-24(38-2)26(28)20(21)6-8-23(35)22-15-34(32-31-22)14-19-13-33-12-18(16-3-4-16)11-17(27(33)30-19)5-10-25(36)37/h7,9,11-13,15-16H,3-6,8,10,14H2,2H3,(H,36,37). The topological polar surface area (TPSA) is 116 Å². The number of aryl methyl sites for hydroxylation is 1. The number of carboxylic acids is 1. The molecule has 0 bridgehead atoms. The van der Waals surface area contributed by atoms with E-state index in [0.29, 0.717) is 23.7 Å². The molecule has 11 heteroatoms. The van der Waals surface area contributed by atoms with Crippen LogP contribution < -0.4 is 4.74 Å². The van der Waals surface area contributed by atoms with Crippen molar-refractivity contribution in [3.05, 3.63) is 82.1 Å². The minimum Gasteiger partial charge on any atom is -0.494 e. The Morgan fingerprint density at radius 1 is 1.21 bits per heavy atom. The number of carboxylic acid groups (broad SMARTS) is 1. The highest BCUT2D eigenvalue weighted by Gasteiger charge is 2.25. The zero-order valence-electron chi connectivity index (χ0n) is 20.7. The van der Waals surface area contributed by atoms with E-state index >= 15 is 0 Å². The van der Waals surface area contributed by atoms with Gasteiger partial charge in [-0.25, -0.2) is 18.9 Å². The first-order valence-corrected chi connectivity index (χ1v) is 12.2. The number of aromatic nitrogens is 5. The molecule has 3 aromatic heterocycles. The number of hydrogen-bond donors (Lipinski definition) is 1. The minimum atomic E-state index is -0.856. The Hall–Kier alpha value is -4.59. The molecule has 1 aromatic carbocycles. The molecule has 10 nitrogen and oxygen atoms in total. The van der Waals surface area contributed by atoms with Crippen LogP contribution in [0.15, 0.2) is 36.8 Å². The molecule has 0 atom stereocenters. The Morgan fingerprint density at radius 3 is 2.74 bits per heavy atom. The van der Waals surface area contributed by atoms with Gasteiger partial charge in [0.25, 0.3) is 0 Å². The zero-order valence-corrected chi connectivity index (χ0v) is 20.7. The van der Waals surface area contributed by atoms with Gasteiger partial charge in [0.05, 0.1) is 32.1 Å². The molecule has 38 heavy (non-hydrogen) atoms. The van der Waals surface area contributed by atoms with Gasteiger partial charge < -0.3 is 14.2 Å². The molecule has 1 N–H and O–H groups in total. The van der Waals surface area contributed by atoms with Crippen molar-refractivity contribution in [2.24, 2.45) is 0 Å². The summed E-state index contributed by atoms with van der Waals surface area (Å²) < 4.78 is 23.1. The van der Waals surface area contributed by atoms with Gasteiger partial charge in [-0.15, -0.1) is 5.10 Å². The number of aliphatic carboxylic acids is 1. The van der Waals surface area contributed by atoms with Gasteiger partial charge in [-0.1, -0.05) is 17.3 Å². The average molecular weight is 517 g/mol. The number of halogens is 1. The van der Waals surface area contributed by atoms with E-state index in [1.165, 1.54) is 35.7 Å². The number of carbonyl (C=O) groups excluding carboxylic acids is 1. The molecule has 4 aromatic rings. The van der Waals surface area contributed by atoms with Crippen LogP contribution in [0.2, 0.25) is 0 Å². The molecule has 0 unspecified atom stereocenters. The number of pyridine rings is 1. The van der Waals surface area contributed by atoms with Gasteiger partial charge in [0.1, 0.15) is 11.3 Å². The number of Topliss-reactive ketones (excluding diaryl/α,β-unsaturated/α-hetero) is 1. The van der Waals surface area contributed by atoms with E-state index in [-0.39, 0.29) is 54.3 Å². The quantitative estimate of drug-likeness (QED) is 0.232. The largest absolute Gasteiger partial charge is 0.494 e. The van der Waals surface area contributed by atoms with E-state index in [1.807, 2.05) is 16.8 Å². The van der Waals surface area contributed by atoms with E-state index in [9.17, 15) is 14.0 Å². The lowest BCUT2D eigenvalue weighted by atomic mass is 10.0. The van der Waals surface area contributed by atoms with Crippen molar-refractivity contribution >= 4 is 23.1 Å². The maximum absolute atomic E-state index is 14.6. The lowest BCUT2D eigenvalue weighted by Crippen LogP contribution is -2.04. The summed E-state index contributed by atoms with van der Waals surface area (Å²) in [5, 5.41) is 17.2. The Balaban J connectivity index is 1.30. The highest BCUT2D eigenvalue weighted by Crippen LogP contribution is 2.40. The summed E-state index contributed by atoms with van der Waals surface area (Å²) in [7, 11) is 1.34. The molecule has 0 aliphatic heterocycles. The van der Waals surface area contributed by atoms with Crippen LogP contribution in [0.5, 0.6) is 5.75 Å². The summed E-state index contributed by atoms with van der Waals surface area (Å²) in [6.07, 6.45) is 8.10. The number of fused-ring (bicyclic) bond motifs is 1. The predicted molar refractivity (Wildman–Crippen MR) is 134 cm³/mol. The normalized spacial score (nSPS) is 13.0. The number of ether oxygens (including phenoxy) is 1. The molecule has 0 amide bonds. The van der Waals surface area contributed by atoms with E-state index in [4.69, 9.17) is 21.4 Å². The molecule has 194 valence electrons. The second-order valence-electron chi connectivity index (χ2n) is 9.35. The SMILES string of the molecule is [C-]#[N+]c1ccc(OC)c(F)c1CCC(=O)c1cn(Cc2cn3cc(C4CC4)cc(CCC(=O)O)c3n2)nn1. The van der Waals surface area contributed by atoms with Crippen LogP contribution in [0, 0.1) is 12.4 Å². The molecule has 1 saturated carbocycles. The summed E-state index contributed by atoms with van der Waals surface area (Å²) in [5.74, 6) is -1.29. The molecule has 5 rings (SSSR count). The Labute approximate surface area is 217 Å². The molecule has 3 heterocycles. The maximum atomic E-state index is 14.6. The number of nitrogens with zero attached hydrogens (tertiary/aromatic N) is 6. The lowest BCUT2D eigenvalue weighted by Gasteiger charge is -2.09. The highest BCUT2D eigenvalue weighted by atomic mass is 19.1. The van der Waals surface area contributed by atoms with Crippen LogP contribution >= 0.6 is 0 Å². The number of methoxy groups -OCH3 is 1. The van der Waals surface area contributed by atoms with Gasteiger partial charge in [0.15, 0.2) is 23.0 Å². The number of ketones is 1. The van der Waals surface area contributed by atoms with Gasteiger partial charge in [0, 0.05) is 25.2 Å². The van der Waals surface area contributed by atoms with Gasteiger partial charge in [0.2, 0.25) is 0 Å². The van der Waals surface area contributed by atoms with Gasteiger partial charge in [-0.2, -0.15) is 0 Å². The van der Waals surface area contributed by atoms with E-state index in [0.717, 1.165) is 18.4 Å². The number of hydrogen-bond acceptors (Lipinski definition) is 6. The fourth-order valence-electron chi connectivity index (χ4n) is 4.51. The van der Waals surface area contributed by atoms with Crippen molar-refractivity contribution < 1.29 is 23.8 Å². The predicted octanol–water partition coefficient (Wildman–Crippen LogP) is 4.38. The third kappa shape index (κ3) is 5.25. The van der Waals surface area contributed by atoms with Crippen LogP contribution in [0.3, 0.4) is 0 Å². The second kappa shape index (κ2) is 10.4. The third-order valence-electron chi connectivity index (χ3n) is 6.63. The molecular formula is C27H25FN6O4. The zero-order chi connectivity index (χ0) is 26.8. The summed E-state index contributed by atoms with van der Waals surface area (Å²) in [6, 6.07) is 4.92. The first kappa shape index (κ1) is 25.1. The molecule has 1 aliphatic rings. The smallest absolute Gasteiger partial charge is 0.303 e. The fraction of sp³-hybridized carbons (Fsp3) is 0.333. The molecule has 0 saturated heterocycles. The minimum absolute atomic E-state index is 0.0219. The Kier molecular flexibility index (Phi) is 6.87. The number of carbonyl (C=O) groups is 2. The van der Waals surface area contributed by atoms with Gasteiger partial charge >= 0.3 is 5.97 Å². The van der Waals surface area contributed by atoms with Crippen molar-refractivity contribution in [2.75, 3.05) is 7.11 Å². The Morgan fingerprint density at radius 2 is 2.03 bits per heavy atom. The number of rotatable bonds is 11. The van der Waals surface area contributed by atoms with Crippen LogP contribution in [-0.4, -0.2) is 48.3 Å². The summed E-state index contributed by atoms with van der Waals surface area (Å²) in [6.45, 7) is 7.54. The van der Waals surface area contributed by atoms with Crippen LogP contribution in [0.25, 0.3) is 10.5 Å². The summed E-state index contributed by atoms with van der Waals surface area (Å²) in [4.78, 5) is 31.9. The van der Waals surface area contributed by atoms with Crippen molar-refractivity contribution in [1.29, 1.82) is 0 Å². The van der Waals surface area contributed by atoms with E-state index < -0.39 is 11.8 Å². The van der Waals surface area contributed by atoms with Crippen molar-refractivity contribution in [3.63, 3.8) is 0 Å². The number of benzene rings is 1. The summed E-state index contributed by atoms with van der Waals surface area (Å²) in [5.41, 5.74) is 3.88. The molecule has 1 aliphatic carbocycles. The van der Waals surface area contributed by atoms with Crippen molar-refractivity contribution in [1.82, 2.24) is 24.4 Å². The molecule has 0 radical (unpaired) electrons. The van der Waals surface area contributed by atoms with Gasteiger partial charge in [-0.05, 0) is 54.4 Å². The lowest BCUT2D eigenvalue weighted by molar-refractivity contribution is -0.136. The van der Waals surface area contributed by atoms with E-state index in [1.54, 1.807) is 0 Å². The second-order valence-corrected chi connectivity index (χ2v) is 9.35. The molecular weight excluding hydrogens is 491 g/mol. The molecule has 1 fully saturated rings. The number of imidazole rings is 1. The van der Waals surface area contributed by atoms with Gasteiger partial charge in [-0.3, -0.25) is 9.59 Å². The first-order valence-electron chi connectivity index (χ1n) is 12.2. The summed E-state index contributed by atoms with van der Waals surface area (Å²) >= 11 is 0. The third-order valence-corrected chi connectivity index (χ3v) is 6.63. The van der Waals surface area contributed by atoms with Crippen molar-refractivity contribution in [2.45, 2.75) is 51.0 Å². The van der Waals surface area contributed by atoms with Crippen molar-refractivity contribution in [3.8, 4) is 5.75 Å². The van der Waals surface area contributed by atoms with Crippen LogP contribution in [-0.2, 0) is 24.2 Å². The monoisotopic (exact) mass is 516 g/mol. The fourth-order valence-corrected chi connectivity index (χ4v) is 4.51. The van der Waals surface area contributed by atoms with Crippen LogP contribution in [0.4, 0.5) is 10.1 Å². The Bertz CT molecular complexity index is 1580. The highest BCUT2D eigenvalue weighted by molar-refractivity contribution is 5.94. The first-order chi connectivity index (χ1) is 18.4. The van der Waals surface area contributed by atoms with Crippen LogP contribution in [0.1, 0.15) is 64.5 Å².